The fourth-order valence-corrected chi connectivity index (χ4v) is 2.29. The summed E-state index contributed by atoms with van der Waals surface area (Å²) in [5.74, 6) is 1.03. The molecule has 1 aliphatic rings. The molecule has 19 heavy (non-hydrogen) atoms. The standard InChI is InChI=1S/C14H19N3O2/c1-3-13(19)12-8-11(2)14(15-9-12)17-6-4-16(10-18)5-7-17/h8-10H,3-7H2,1-2H3. The molecule has 0 aliphatic carbocycles. The second kappa shape index (κ2) is 5.82. The summed E-state index contributed by atoms with van der Waals surface area (Å²) in [5.41, 5.74) is 1.69. The number of nitrogens with zero attached hydrogens (tertiary/aromatic N) is 3. The van der Waals surface area contributed by atoms with Gasteiger partial charge in [0.1, 0.15) is 5.82 Å². The molecule has 0 saturated carbocycles. The van der Waals surface area contributed by atoms with Crippen LogP contribution in [0, 0.1) is 6.92 Å². The highest BCUT2D eigenvalue weighted by Crippen LogP contribution is 2.19. The number of carbonyl (C=O) groups is 2. The number of piperazine rings is 1. The second-order valence-corrected chi connectivity index (χ2v) is 4.77. The number of aryl methyl sites for hydroxylation is 1. The van der Waals surface area contributed by atoms with Gasteiger partial charge in [-0.15, -0.1) is 0 Å². The number of hydrogen-bond donors (Lipinski definition) is 0. The van der Waals surface area contributed by atoms with Crippen molar-refractivity contribution in [2.24, 2.45) is 0 Å². The van der Waals surface area contributed by atoms with Gasteiger partial charge in [-0.1, -0.05) is 6.92 Å². The molecule has 5 heteroatoms. The molecule has 1 fully saturated rings. The van der Waals surface area contributed by atoms with E-state index in [1.807, 2.05) is 19.9 Å². The van der Waals surface area contributed by atoms with Crippen molar-refractivity contribution in [2.45, 2.75) is 20.3 Å². The molecule has 0 aromatic carbocycles. The average Bonchev–Trinajstić information content (AvgIpc) is 2.46. The first-order valence-corrected chi connectivity index (χ1v) is 6.60. The quantitative estimate of drug-likeness (QED) is 0.605. The van der Waals surface area contributed by atoms with Gasteiger partial charge in [-0.3, -0.25) is 9.59 Å². The first-order chi connectivity index (χ1) is 9.15. The number of anilines is 1. The van der Waals surface area contributed by atoms with Crippen LogP contribution in [0.5, 0.6) is 0 Å². The van der Waals surface area contributed by atoms with Crippen molar-refractivity contribution < 1.29 is 9.59 Å². The summed E-state index contributed by atoms with van der Waals surface area (Å²) in [4.78, 5) is 30.7. The monoisotopic (exact) mass is 261 g/mol. The van der Waals surface area contributed by atoms with Crippen LogP contribution >= 0.6 is 0 Å². The zero-order chi connectivity index (χ0) is 13.8. The summed E-state index contributed by atoms with van der Waals surface area (Å²) in [7, 11) is 0. The first-order valence-electron chi connectivity index (χ1n) is 6.60. The molecule has 1 amide bonds. The summed E-state index contributed by atoms with van der Waals surface area (Å²) >= 11 is 0. The average molecular weight is 261 g/mol. The molecule has 0 unspecified atom stereocenters. The fraction of sp³-hybridized carbons (Fsp3) is 0.500. The Morgan fingerprint density at radius 2 is 2.05 bits per heavy atom. The molecule has 2 rings (SSSR count). The Balaban J connectivity index is 2.13. The van der Waals surface area contributed by atoms with E-state index in [4.69, 9.17) is 0 Å². The molecule has 0 N–H and O–H groups in total. The van der Waals surface area contributed by atoms with Gasteiger partial charge in [0.25, 0.3) is 0 Å². The summed E-state index contributed by atoms with van der Waals surface area (Å²) in [6.45, 7) is 6.84. The lowest BCUT2D eigenvalue weighted by atomic mass is 10.1. The molecule has 1 aromatic heterocycles. The summed E-state index contributed by atoms with van der Waals surface area (Å²) in [5, 5.41) is 0. The number of pyridine rings is 1. The predicted octanol–water partition coefficient (Wildman–Crippen LogP) is 1.26. The molecule has 0 radical (unpaired) electrons. The van der Waals surface area contributed by atoms with Crippen LogP contribution in [0.4, 0.5) is 5.82 Å². The van der Waals surface area contributed by atoms with Crippen LogP contribution in [0.15, 0.2) is 12.3 Å². The smallest absolute Gasteiger partial charge is 0.209 e. The zero-order valence-electron chi connectivity index (χ0n) is 11.4. The molecule has 0 atom stereocenters. The highest BCUT2D eigenvalue weighted by Gasteiger charge is 2.18. The summed E-state index contributed by atoms with van der Waals surface area (Å²) in [6, 6.07) is 1.90. The Morgan fingerprint density at radius 3 is 2.58 bits per heavy atom. The number of Topliss-reactive ketones (excluding diaryl/α,β-unsaturated/α-hetero) is 1. The number of aromatic nitrogens is 1. The van der Waals surface area contributed by atoms with Gasteiger partial charge in [0.2, 0.25) is 6.41 Å². The first kappa shape index (κ1) is 13.5. The fourth-order valence-electron chi connectivity index (χ4n) is 2.29. The van der Waals surface area contributed by atoms with E-state index in [0.29, 0.717) is 12.0 Å². The predicted molar refractivity (Wildman–Crippen MR) is 73.4 cm³/mol. The van der Waals surface area contributed by atoms with E-state index in [1.165, 1.54) is 0 Å². The van der Waals surface area contributed by atoms with E-state index >= 15 is 0 Å². The van der Waals surface area contributed by atoms with Gasteiger partial charge in [0, 0.05) is 44.4 Å². The minimum atomic E-state index is 0.118. The van der Waals surface area contributed by atoms with E-state index in [9.17, 15) is 9.59 Å². The van der Waals surface area contributed by atoms with Gasteiger partial charge < -0.3 is 9.80 Å². The van der Waals surface area contributed by atoms with Gasteiger partial charge in [-0.05, 0) is 18.6 Å². The van der Waals surface area contributed by atoms with Crippen LogP contribution in [0.25, 0.3) is 0 Å². The number of amides is 1. The zero-order valence-corrected chi connectivity index (χ0v) is 11.4. The van der Waals surface area contributed by atoms with Crippen LogP contribution in [0.2, 0.25) is 0 Å². The second-order valence-electron chi connectivity index (χ2n) is 4.77. The highest BCUT2D eigenvalue weighted by atomic mass is 16.1. The maximum absolute atomic E-state index is 11.6. The maximum Gasteiger partial charge on any atom is 0.209 e. The SMILES string of the molecule is CCC(=O)c1cnc(N2CCN(C=O)CC2)c(C)c1. The third kappa shape index (κ3) is 2.92. The summed E-state index contributed by atoms with van der Waals surface area (Å²) < 4.78 is 0. The maximum atomic E-state index is 11.6. The molecule has 5 nitrogen and oxygen atoms in total. The topological polar surface area (TPSA) is 53.5 Å². The van der Waals surface area contributed by atoms with E-state index < -0.39 is 0 Å². The lowest BCUT2D eigenvalue weighted by molar-refractivity contribution is -0.118. The van der Waals surface area contributed by atoms with Crippen molar-refractivity contribution >= 4 is 18.0 Å². The van der Waals surface area contributed by atoms with Crippen LogP contribution in [0.3, 0.4) is 0 Å². The molecule has 0 bridgehead atoms. The Kier molecular flexibility index (Phi) is 4.14. The Bertz CT molecular complexity index is 480. The van der Waals surface area contributed by atoms with Crippen molar-refractivity contribution in [3.05, 3.63) is 23.4 Å². The number of ketones is 1. The Labute approximate surface area is 113 Å². The molecular formula is C14H19N3O2. The molecule has 102 valence electrons. The van der Waals surface area contributed by atoms with Gasteiger partial charge >= 0.3 is 0 Å². The van der Waals surface area contributed by atoms with Crippen LogP contribution in [-0.4, -0.2) is 48.3 Å². The van der Waals surface area contributed by atoms with E-state index in [-0.39, 0.29) is 5.78 Å². The van der Waals surface area contributed by atoms with E-state index in [2.05, 4.69) is 9.88 Å². The highest BCUT2D eigenvalue weighted by molar-refractivity contribution is 5.96. The number of hydrogen-bond acceptors (Lipinski definition) is 4. The van der Waals surface area contributed by atoms with Gasteiger partial charge in [0.15, 0.2) is 5.78 Å². The van der Waals surface area contributed by atoms with Crippen molar-refractivity contribution in [3.8, 4) is 0 Å². The van der Waals surface area contributed by atoms with E-state index in [1.54, 1.807) is 11.1 Å². The number of carbonyl (C=O) groups excluding carboxylic acids is 2. The molecule has 2 heterocycles. The van der Waals surface area contributed by atoms with Crippen molar-refractivity contribution in [2.75, 3.05) is 31.1 Å². The van der Waals surface area contributed by atoms with Crippen molar-refractivity contribution in [1.82, 2.24) is 9.88 Å². The molecular weight excluding hydrogens is 242 g/mol. The minimum Gasteiger partial charge on any atom is -0.353 e. The normalized spacial score (nSPS) is 15.5. The van der Waals surface area contributed by atoms with Crippen LogP contribution in [-0.2, 0) is 4.79 Å². The Morgan fingerprint density at radius 1 is 1.37 bits per heavy atom. The molecule has 1 aromatic rings. The van der Waals surface area contributed by atoms with Crippen molar-refractivity contribution in [1.29, 1.82) is 0 Å². The van der Waals surface area contributed by atoms with Crippen LogP contribution in [0.1, 0.15) is 29.3 Å². The Hall–Kier alpha value is -1.91. The van der Waals surface area contributed by atoms with Gasteiger partial charge in [-0.2, -0.15) is 0 Å². The minimum absolute atomic E-state index is 0.118. The molecule has 1 aliphatic heterocycles. The lowest BCUT2D eigenvalue weighted by Crippen LogP contribution is -2.46. The molecule has 1 saturated heterocycles. The largest absolute Gasteiger partial charge is 0.353 e. The third-order valence-electron chi connectivity index (χ3n) is 3.46. The van der Waals surface area contributed by atoms with Gasteiger partial charge in [-0.25, -0.2) is 4.98 Å². The van der Waals surface area contributed by atoms with E-state index in [0.717, 1.165) is 44.0 Å². The third-order valence-corrected chi connectivity index (χ3v) is 3.46. The number of rotatable bonds is 4. The van der Waals surface area contributed by atoms with Crippen LogP contribution < -0.4 is 4.90 Å². The van der Waals surface area contributed by atoms with Gasteiger partial charge in [0.05, 0.1) is 0 Å². The van der Waals surface area contributed by atoms with Crippen molar-refractivity contribution in [3.63, 3.8) is 0 Å². The summed E-state index contributed by atoms with van der Waals surface area (Å²) in [6.07, 6.45) is 3.04. The molecule has 0 spiro atoms. The lowest BCUT2D eigenvalue weighted by Gasteiger charge is -2.34.